The van der Waals surface area contributed by atoms with Crippen LogP contribution in [0.5, 0.6) is 0 Å². The van der Waals surface area contributed by atoms with E-state index in [1.54, 1.807) is 7.11 Å². The van der Waals surface area contributed by atoms with Gasteiger partial charge in [-0.15, -0.1) is 0 Å². The highest BCUT2D eigenvalue weighted by molar-refractivity contribution is 6.00. The number of hydrogen-bond donors (Lipinski definition) is 0. The average molecular weight is 290 g/mol. The Morgan fingerprint density at radius 1 is 1.19 bits per heavy atom. The van der Waals surface area contributed by atoms with Crippen LogP contribution in [0, 0.1) is 0 Å². The van der Waals surface area contributed by atoms with Crippen LogP contribution in [0.3, 0.4) is 0 Å². The van der Waals surface area contributed by atoms with Gasteiger partial charge in [0.15, 0.2) is 0 Å². The molecule has 1 aliphatic heterocycles. The van der Waals surface area contributed by atoms with Crippen molar-refractivity contribution in [1.82, 2.24) is 4.90 Å². The number of carbonyl (C=O) groups excluding carboxylic acids is 1. The Bertz CT molecular complexity index is 482. The molecule has 4 nitrogen and oxygen atoms in total. The third kappa shape index (κ3) is 3.63. The largest absolute Gasteiger partial charge is 0.303 e. The number of carbonyl (C=O) groups is 1. The Hall–Kier alpha value is -1.39. The smallest absolute Gasteiger partial charge is 0.255 e. The minimum Gasteiger partial charge on any atom is -0.303 e. The quantitative estimate of drug-likeness (QED) is 0.738. The normalized spacial score (nSPS) is 14.1. The van der Waals surface area contributed by atoms with Crippen molar-refractivity contribution >= 4 is 11.6 Å². The Labute approximate surface area is 127 Å². The molecule has 0 saturated carbocycles. The van der Waals surface area contributed by atoms with E-state index in [9.17, 15) is 4.79 Å². The van der Waals surface area contributed by atoms with Crippen molar-refractivity contribution in [3.63, 3.8) is 0 Å². The number of fused-ring (bicyclic) bond motifs is 1. The van der Waals surface area contributed by atoms with E-state index in [4.69, 9.17) is 4.84 Å². The lowest BCUT2D eigenvalue weighted by atomic mass is 10.0. The van der Waals surface area contributed by atoms with Gasteiger partial charge < -0.3 is 4.90 Å². The first-order valence-electron chi connectivity index (χ1n) is 7.91. The summed E-state index contributed by atoms with van der Waals surface area (Å²) in [6.45, 7) is 7.79. The minimum atomic E-state index is 0.0268. The second-order valence-corrected chi connectivity index (χ2v) is 5.55. The molecule has 1 amide bonds. The molecule has 116 valence electrons. The van der Waals surface area contributed by atoms with Gasteiger partial charge in [-0.05, 0) is 49.5 Å². The molecule has 0 saturated heterocycles. The molecule has 4 heteroatoms. The monoisotopic (exact) mass is 290 g/mol. The Balaban J connectivity index is 2.08. The second kappa shape index (κ2) is 7.57. The van der Waals surface area contributed by atoms with Gasteiger partial charge in [-0.25, -0.2) is 0 Å². The maximum Gasteiger partial charge on any atom is 0.255 e. The molecular formula is C17H26N2O2. The van der Waals surface area contributed by atoms with Gasteiger partial charge in [-0.3, -0.25) is 9.63 Å². The van der Waals surface area contributed by atoms with Crippen LogP contribution in [0.4, 0.5) is 5.69 Å². The Morgan fingerprint density at radius 2 is 1.90 bits per heavy atom. The van der Waals surface area contributed by atoms with E-state index < -0.39 is 0 Å². The van der Waals surface area contributed by atoms with Crippen molar-refractivity contribution in [2.45, 2.75) is 39.5 Å². The molecule has 0 radical (unpaired) electrons. The lowest BCUT2D eigenvalue weighted by molar-refractivity contribution is -0.123. The Morgan fingerprint density at radius 3 is 2.52 bits per heavy atom. The van der Waals surface area contributed by atoms with Crippen molar-refractivity contribution in [3.05, 3.63) is 29.3 Å². The van der Waals surface area contributed by atoms with Crippen LogP contribution in [0.2, 0.25) is 0 Å². The summed E-state index contributed by atoms with van der Waals surface area (Å²) in [5.74, 6) is 0.0268. The Kier molecular flexibility index (Phi) is 5.76. The zero-order chi connectivity index (χ0) is 15.2. The number of benzene rings is 1. The van der Waals surface area contributed by atoms with Crippen molar-refractivity contribution in [1.29, 1.82) is 0 Å². The van der Waals surface area contributed by atoms with Crippen molar-refractivity contribution in [2.24, 2.45) is 0 Å². The van der Waals surface area contributed by atoms with Crippen LogP contribution >= 0.6 is 0 Å². The second-order valence-electron chi connectivity index (χ2n) is 5.55. The van der Waals surface area contributed by atoms with Crippen molar-refractivity contribution in [3.8, 4) is 0 Å². The summed E-state index contributed by atoms with van der Waals surface area (Å²) in [6.07, 6.45) is 3.82. The summed E-state index contributed by atoms with van der Waals surface area (Å²) in [5.41, 5.74) is 3.33. The van der Waals surface area contributed by atoms with E-state index in [0.717, 1.165) is 37.3 Å². The lowest BCUT2D eigenvalue weighted by Crippen LogP contribution is -2.28. The van der Waals surface area contributed by atoms with Crippen molar-refractivity contribution in [2.75, 3.05) is 31.8 Å². The summed E-state index contributed by atoms with van der Waals surface area (Å²) in [6, 6.07) is 6.12. The molecule has 0 fully saturated rings. The fraction of sp³-hybridized carbons (Fsp3) is 0.588. The van der Waals surface area contributed by atoms with E-state index in [0.29, 0.717) is 6.42 Å². The molecule has 0 atom stereocenters. The van der Waals surface area contributed by atoms with Crippen LogP contribution in [0.1, 0.15) is 37.8 Å². The van der Waals surface area contributed by atoms with Gasteiger partial charge >= 0.3 is 0 Å². The highest BCUT2D eigenvalue weighted by Crippen LogP contribution is 2.31. The molecule has 0 aliphatic carbocycles. The predicted molar refractivity (Wildman–Crippen MR) is 85.4 cm³/mol. The van der Waals surface area contributed by atoms with Gasteiger partial charge in [-0.2, -0.15) is 5.06 Å². The van der Waals surface area contributed by atoms with Gasteiger partial charge in [0, 0.05) is 6.54 Å². The summed E-state index contributed by atoms with van der Waals surface area (Å²) in [5, 5.41) is 1.41. The first kappa shape index (κ1) is 16.0. The highest BCUT2D eigenvalue weighted by atomic mass is 16.7. The van der Waals surface area contributed by atoms with Gasteiger partial charge in [0.1, 0.15) is 0 Å². The van der Waals surface area contributed by atoms with E-state index in [2.05, 4.69) is 24.8 Å². The van der Waals surface area contributed by atoms with Gasteiger partial charge in [0.2, 0.25) is 0 Å². The fourth-order valence-electron chi connectivity index (χ4n) is 3.05. The maximum absolute atomic E-state index is 11.9. The van der Waals surface area contributed by atoms with Crippen LogP contribution in [-0.2, 0) is 22.5 Å². The minimum absolute atomic E-state index is 0.0268. The molecule has 1 aromatic rings. The highest BCUT2D eigenvalue weighted by Gasteiger charge is 2.29. The molecule has 1 heterocycles. The van der Waals surface area contributed by atoms with Crippen LogP contribution < -0.4 is 5.06 Å². The van der Waals surface area contributed by atoms with E-state index in [1.165, 1.54) is 23.5 Å². The molecule has 21 heavy (non-hydrogen) atoms. The molecule has 0 bridgehead atoms. The first-order chi connectivity index (χ1) is 10.2. The average Bonchev–Trinajstić information content (AvgIpc) is 2.81. The van der Waals surface area contributed by atoms with Gasteiger partial charge in [-0.1, -0.05) is 26.0 Å². The zero-order valence-electron chi connectivity index (χ0n) is 13.4. The summed E-state index contributed by atoms with van der Waals surface area (Å²) in [4.78, 5) is 19.6. The number of rotatable bonds is 8. The molecule has 2 rings (SSSR count). The third-order valence-corrected chi connectivity index (χ3v) is 3.98. The molecule has 0 unspecified atom stereocenters. The van der Waals surface area contributed by atoms with Crippen LogP contribution in [0.25, 0.3) is 0 Å². The van der Waals surface area contributed by atoms with Crippen LogP contribution in [0.15, 0.2) is 18.2 Å². The first-order valence-corrected chi connectivity index (χ1v) is 7.91. The summed E-state index contributed by atoms with van der Waals surface area (Å²) in [7, 11) is 1.55. The number of nitrogens with zero attached hydrogens (tertiary/aromatic N) is 2. The predicted octanol–water partition coefficient (Wildman–Crippen LogP) is 2.80. The number of hydrogen-bond acceptors (Lipinski definition) is 3. The molecule has 0 aromatic heterocycles. The number of anilines is 1. The summed E-state index contributed by atoms with van der Waals surface area (Å²) < 4.78 is 0. The zero-order valence-corrected chi connectivity index (χ0v) is 13.4. The number of hydroxylamine groups is 1. The third-order valence-electron chi connectivity index (χ3n) is 3.98. The van der Waals surface area contributed by atoms with E-state index in [-0.39, 0.29) is 5.91 Å². The van der Waals surface area contributed by atoms with Crippen LogP contribution in [-0.4, -0.2) is 37.6 Å². The summed E-state index contributed by atoms with van der Waals surface area (Å²) >= 11 is 0. The lowest BCUT2D eigenvalue weighted by Gasteiger charge is -2.21. The van der Waals surface area contributed by atoms with Gasteiger partial charge in [0.25, 0.3) is 5.91 Å². The number of amides is 1. The molecular weight excluding hydrogens is 264 g/mol. The molecule has 0 N–H and O–H groups in total. The maximum atomic E-state index is 11.9. The standard InChI is InChI=1S/C17H26N2O2/c1-4-10-18(11-5-2)12-9-14-7-6-8-16-15(14)13-17(20)19(16)21-3/h6-8H,4-5,9-13H2,1-3H3. The SMILES string of the molecule is CCCN(CCC)CCc1cccc2c1CC(=O)N2OC. The van der Waals surface area contributed by atoms with Gasteiger partial charge in [0.05, 0.1) is 19.2 Å². The van der Waals surface area contributed by atoms with Crippen molar-refractivity contribution < 1.29 is 9.63 Å². The molecule has 1 aromatic carbocycles. The fourth-order valence-corrected chi connectivity index (χ4v) is 3.05. The van der Waals surface area contributed by atoms with E-state index >= 15 is 0 Å². The van der Waals surface area contributed by atoms with E-state index in [1.807, 2.05) is 12.1 Å². The topological polar surface area (TPSA) is 32.8 Å². The molecule has 1 aliphatic rings. The molecule has 0 spiro atoms.